The van der Waals surface area contributed by atoms with Gasteiger partial charge in [0.05, 0.1) is 17.5 Å². The number of methoxy groups -OCH3 is 1. The number of nitrogens with zero attached hydrogens (tertiary/aromatic N) is 1. The Hall–Kier alpha value is -3.91. The molecule has 1 heterocycles. The van der Waals surface area contributed by atoms with Gasteiger partial charge in [0.2, 0.25) is 21.2 Å². The number of fused-ring (bicyclic) bond motifs is 1. The first-order chi connectivity index (χ1) is 16.2. The Labute approximate surface area is 197 Å². The molecule has 0 aliphatic heterocycles. The molecule has 4 aromatic rings. The van der Waals surface area contributed by atoms with E-state index in [-0.39, 0.29) is 27.6 Å². The number of para-hydroxylation sites is 1. The fourth-order valence-electron chi connectivity index (χ4n) is 3.70. The quantitative estimate of drug-likeness (QED) is 0.452. The van der Waals surface area contributed by atoms with E-state index in [2.05, 4.69) is 5.32 Å². The number of benzene rings is 3. The first kappa shape index (κ1) is 23.3. The Balaban J connectivity index is 1.78. The van der Waals surface area contributed by atoms with Crippen molar-refractivity contribution < 1.29 is 17.9 Å². The number of rotatable bonds is 6. The number of hydrogen-bond donors (Lipinski definition) is 1. The summed E-state index contributed by atoms with van der Waals surface area (Å²) in [6.45, 7) is 3.51. The molecule has 1 amide bonds. The number of sulfone groups is 1. The van der Waals surface area contributed by atoms with Crippen LogP contribution < -0.4 is 15.5 Å². The van der Waals surface area contributed by atoms with Crippen molar-refractivity contribution in [1.29, 1.82) is 0 Å². The van der Waals surface area contributed by atoms with Crippen LogP contribution in [-0.2, 0) is 21.2 Å². The second-order valence-electron chi connectivity index (χ2n) is 8.00. The Morgan fingerprint density at radius 1 is 0.971 bits per heavy atom. The minimum absolute atomic E-state index is 0.0374. The van der Waals surface area contributed by atoms with Gasteiger partial charge in [-0.25, -0.2) is 8.42 Å². The van der Waals surface area contributed by atoms with Crippen molar-refractivity contribution in [3.8, 4) is 5.75 Å². The lowest BCUT2D eigenvalue weighted by Gasteiger charge is -2.14. The van der Waals surface area contributed by atoms with Crippen molar-refractivity contribution in [2.45, 2.75) is 30.2 Å². The van der Waals surface area contributed by atoms with Gasteiger partial charge in [0, 0.05) is 23.3 Å². The van der Waals surface area contributed by atoms with Crippen LogP contribution in [0.4, 0.5) is 5.69 Å². The van der Waals surface area contributed by atoms with E-state index in [0.29, 0.717) is 17.0 Å². The monoisotopic (exact) mass is 476 g/mol. The van der Waals surface area contributed by atoms with E-state index in [1.54, 1.807) is 60.7 Å². The molecule has 8 heteroatoms. The number of amides is 1. The Kier molecular flexibility index (Phi) is 6.26. The zero-order valence-corrected chi connectivity index (χ0v) is 19.8. The van der Waals surface area contributed by atoms with Crippen LogP contribution in [0.3, 0.4) is 0 Å². The topological polar surface area (TPSA) is 94.5 Å². The van der Waals surface area contributed by atoms with Crippen LogP contribution in [0.2, 0.25) is 0 Å². The Morgan fingerprint density at radius 2 is 1.74 bits per heavy atom. The van der Waals surface area contributed by atoms with E-state index in [1.807, 2.05) is 13.8 Å². The first-order valence-electron chi connectivity index (χ1n) is 10.6. The molecule has 0 saturated heterocycles. The van der Waals surface area contributed by atoms with E-state index in [1.165, 1.54) is 23.9 Å². The van der Waals surface area contributed by atoms with Gasteiger partial charge in [-0.05, 0) is 61.4 Å². The third-order valence-corrected chi connectivity index (χ3v) is 7.44. The van der Waals surface area contributed by atoms with Crippen LogP contribution in [0, 0.1) is 13.8 Å². The lowest BCUT2D eigenvalue weighted by molar-refractivity contribution is -0.116. The summed E-state index contributed by atoms with van der Waals surface area (Å²) in [5.74, 6) is 0.213. The average Bonchev–Trinajstić information content (AvgIpc) is 2.82. The molecular formula is C26H24N2O5S. The van der Waals surface area contributed by atoms with Gasteiger partial charge in [-0.15, -0.1) is 0 Å². The summed E-state index contributed by atoms with van der Waals surface area (Å²) < 4.78 is 33.5. The fourth-order valence-corrected chi connectivity index (χ4v) is 5.16. The molecule has 0 spiro atoms. The summed E-state index contributed by atoms with van der Waals surface area (Å²) in [6, 6.07) is 18.3. The van der Waals surface area contributed by atoms with E-state index in [0.717, 1.165) is 11.1 Å². The van der Waals surface area contributed by atoms with Gasteiger partial charge >= 0.3 is 0 Å². The van der Waals surface area contributed by atoms with Crippen molar-refractivity contribution in [2.75, 3.05) is 12.4 Å². The summed E-state index contributed by atoms with van der Waals surface area (Å²) in [4.78, 5) is 25.7. The third kappa shape index (κ3) is 4.45. The zero-order chi connectivity index (χ0) is 24.5. The molecule has 0 aliphatic rings. The van der Waals surface area contributed by atoms with Gasteiger partial charge in [0.25, 0.3) is 0 Å². The fraction of sp³-hybridized carbons (Fsp3) is 0.154. The summed E-state index contributed by atoms with van der Waals surface area (Å²) in [5.41, 5.74) is 2.16. The van der Waals surface area contributed by atoms with Crippen LogP contribution in [0.15, 0.2) is 87.5 Å². The van der Waals surface area contributed by atoms with Gasteiger partial charge in [-0.1, -0.05) is 24.3 Å². The largest absolute Gasteiger partial charge is 0.497 e. The third-order valence-electron chi connectivity index (χ3n) is 5.70. The molecule has 0 unspecified atom stereocenters. The van der Waals surface area contributed by atoms with Gasteiger partial charge in [-0.3, -0.25) is 9.59 Å². The lowest BCUT2D eigenvalue weighted by atomic mass is 10.1. The normalized spacial score (nSPS) is 11.4. The number of aryl methyl sites for hydroxylation is 2. The zero-order valence-electron chi connectivity index (χ0n) is 19.0. The van der Waals surface area contributed by atoms with E-state index in [9.17, 15) is 18.0 Å². The number of carbonyl (C=O) groups excluding carboxylic acids is 1. The van der Waals surface area contributed by atoms with Crippen molar-refractivity contribution in [1.82, 2.24) is 4.57 Å². The maximum Gasteiger partial charge on any atom is 0.244 e. The predicted molar refractivity (Wildman–Crippen MR) is 131 cm³/mol. The number of nitrogens with one attached hydrogen (secondary N) is 1. The van der Waals surface area contributed by atoms with Crippen molar-refractivity contribution >= 4 is 32.3 Å². The van der Waals surface area contributed by atoms with Crippen molar-refractivity contribution in [3.05, 3.63) is 94.3 Å². The molecule has 0 saturated carbocycles. The molecule has 1 aromatic heterocycles. The molecule has 34 heavy (non-hydrogen) atoms. The van der Waals surface area contributed by atoms with Crippen molar-refractivity contribution in [2.24, 2.45) is 0 Å². The maximum absolute atomic E-state index is 13.4. The highest BCUT2D eigenvalue weighted by Crippen LogP contribution is 2.23. The van der Waals surface area contributed by atoms with Gasteiger partial charge in [-0.2, -0.15) is 0 Å². The highest BCUT2D eigenvalue weighted by atomic mass is 32.2. The van der Waals surface area contributed by atoms with Crippen LogP contribution in [0.1, 0.15) is 11.1 Å². The number of ether oxygens (including phenoxy) is 1. The highest BCUT2D eigenvalue weighted by Gasteiger charge is 2.24. The van der Waals surface area contributed by atoms with Crippen molar-refractivity contribution in [3.63, 3.8) is 0 Å². The van der Waals surface area contributed by atoms with E-state index < -0.39 is 15.3 Å². The first-order valence-corrected chi connectivity index (χ1v) is 12.1. The minimum Gasteiger partial charge on any atom is -0.497 e. The number of anilines is 1. The molecule has 0 atom stereocenters. The van der Waals surface area contributed by atoms with Crippen LogP contribution >= 0.6 is 0 Å². The molecule has 0 aliphatic carbocycles. The van der Waals surface area contributed by atoms with Crippen LogP contribution in [-0.4, -0.2) is 26.0 Å². The Morgan fingerprint density at radius 3 is 2.47 bits per heavy atom. The van der Waals surface area contributed by atoms with Crippen LogP contribution in [0.25, 0.3) is 10.9 Å². The number of carbonyl (C=O) groups is 1. The highest BCUT2D eigenvalue weighted by molar-refractivity contribution is 7.91. The molecule has 174 valence electrons. The SMILES string of the molecule is COc1cccc(NC(=O)Cn2cc(S(=O)(=O)c3ccc(C)c(C)c3)c(=O)c3ccccc32)c1. The predicted octanol–water partition coefficient (Wildman–Crippen LogP) is 4.10. The maximum atomic E-state index is 13.4. The molecule has 0 radical (unpaired) electrons. The summed E-state index contributed by atoms with van der Waals surface area (Å²) in [7, 11) is -2.58. The standard InChI is InChI=1S/C26H24N2O5S/c1-17-11-12-21(13-18(17)2)34(31,32)24-15-28(23-10-5-4-9-22(23)26(24)30)16-25(29)27-19-7-6-8-20(14-19)33-3/h4-15H,16H2,1-3H3,(H,27,29). The van der Waals surface area contributed by atoms with Gasteiger partial charge in [0.15, 0.2) is 0 Å². The molecule has 3 aromatic carbocycles. The molecular weight excluding hydrogens is 452 g/mol. The van der Waals surface area contributed by atoms with Crippen LogP contribution in [0.5, 0.6) is 5.75 Å². The van der Waals surface area contributed by atoms with E-state index >= 15 is 0 Å². The van der Waals surface area contributed by atoms with Gasteiger partial charge in [0.1, 0.15) is 17.2 Å². The molecule has 0 bridgehead atoms. The average molecular weight is 477 g/mol. The summed E-state index contributed by atoms with van der Waals surface area (Å²) in [6.07, 6.45) is 1.25. The molecule has 0 fully saturated rings. The lowest BCUT2D eigenvalue weighted by Crippen LogP contribution is -2.24. The number of hydrogen-bond acceptors (Lipinski definition) is 5. The molecule has 4 rings (SSSR count). The second kappa shape index (κ2) is 9.15. The number of pyridine rings is 1. The smallest absolute Gasteiger partial charge is 0.244 e. The van der Waals surface area contributed by atoms with E-state index in [4.69, 9.17) is 4.74 Å². The second-order valence-corrected chi connectivity index (χ2v) is 9.92. The Bertz CT molecular complexity index is 1570. The summed E-state index contributed by atoms with van der Waals surface area (Å²) in [5, 5.41) is 3.00. The summed E-state index contributed by atoms with van der Waals surface area (Å²) >= 11 is 0. The minimum atomic E-state index is -4.11. The molecule has 1 N–H and O–H groups in total. The van der Waals surface area contributed by atoms with Gasteiger partial charge < -0.3 is 14.6 Å². The molecule has 7 nitrogen and oxygen atoms in total. The number of aromatic nitrogens is 1.